The van der Waals surface area contributed by atoms with Crippen molar-refractivity contribution in [1.82, 2.24) is 5.32 Å². The van der Waals surface area contributed by atoms with Gasteiger partial charge in [-0.25, -0.2) is 0 Å². The standard InChI is InChI=1S/C8H14N/c1-2-4-8-6-9-5-7(8)3-1/h5,7-9H,1-4,6H2. The number of fused-ring (bicyclic) bond motifs is 1. The van der Waals surface area contributed by atoms with Crippen molar-refractivity contribution in [2.75, 3.05) is 6.54 Å². The van der Waals surface area contributed by atoms with E-state index in [-0.39, 0.29) is 0 Å². The minimum atomic E-state index is 0.929. The molecule has 1 N–H and O–H groups in total. The fourth-order valence-electron chi connectivity index (χ4n) is 2.08. The molecule has 1 heterocycles. The van der Waals surface area contributed by atoms with Crippen molar-refractivity contribution in [3.63, 3.8) is 0 Å². The fourth-order valence-corrected chi connectivity index (χ4v) is 2.08. The molecule has 1 heteroatoms. The highest BCUT2D eigenvalue weighted by Crippen LogP contribution is 2.33. The highest BCUT2D eigenvalue weighted by molar-refractivity contribution is 4.91. The van der Waals surface area contributed by atoms with Crippen molar-refractivity contribution >= 4 is 0 Å². The zero-order valence-corrected chi connectivity index (χ0v) is 5.77. The Labute approximate surface area is 56.8 Å². The van der Waals surface area contributed by atoms with Gasteiger partial charge in [-0.1, -0.05) is 12.8 Å². The van der Waals surface area contributed by atoms with Crippen LogP contribution in [0.2, 0.25) is 0 Å². The van der Waals surface area contributed by atoms with Gasteiger partial charge in [-0.3, -0.25) is 0 Å². The molecule has 1 saturated carbocycles. The van der Waals surface area contributed by atoms with E-state index in [0.717, 1.165) is 11.8 Å². The Morgan fingerprint density at radius 2 is 2.11 bits per heavy atom. The maximum atomic E-state index is 3.34. The summed E-state index contributed by atoms with van der Waals surface area (Å²) in [6.07, 6.45) is 5.84. The van der Waals surface area contributed by atoms with Gasteiger partial charge in [0.25, 0.3) is 0 Å². The van der Waals surface area contributed by atoms with Crippen LogP contribution >= 0.6 is 0 Å². The van der Waals surface area contributed by atoms with Crippen LogP contribution in [0.25, 0.3) is 0 Å². The monoisotopic (exact) mass is 124 g/mol. The first-order valence-corrected chi connectivity index (χ1v) is 4.03. The minimum Gasteiger partial charge on any atom is -0.312 e. The average molecular weight is 124 g/mol. The van der Waals surface area contributed by atoms with E-state index in [1.165, 1.54) is 32.2 Å². The lowest BCUT2D eigenvalue weighted by Crippen LogP contribution is -2.15. The molecule has 2 aliphatic rings. The van der Waals surface area contributed by atoms with E-state index >= 15 is 0 Å². The third-order valence-corrected chi connectivity index (χ3v) is 2.68. The minimum absolute atomic E-state index is 0.929. The Hall–Kier alpha value is -0.0400. The molecular formula is C8H14N. The Kier molecular flexibility index (Phi) is 1.46. The van der Waals surface area contributed by atoms with Gasteiger partial charge in [0.1, 0.15) is 0 Å². The van der Waals surface area contributed by atoms with Crippen molar-refractivity contribution < 1.29 is 0 Å². The first-order chi connectivity index (χ1) is 4.47. The van der Waals surface area contributed by atoms with Crippen molar-refractivity contribution in [2.45, 2.75) is 25.7 Å². The molecule has 0 aromatic heterocycles. The first-order valence-electron chi connectivity index (χ1n) is 4.03. The summed E-state index contributed by atoms with van der Waals surface area (Å²) in [5.74, 6) is 1.93. The van der Waals surface area contributed by atoms with Gasteiger partial charge in [-0.15, -0.1) is 0 Å². The van der Waals surface area contributed by atoms with Crippen molar-refractivity contribution in [3.8, 4) is 0 Å². The Morgan fingerprint density at radius 1 is 1.22 bits per heavy atom. The lowest BCUT2D eigenvalue weighted by atomic mass is 9.82. The van der Waals surface area contributed by atoms with E-state index in [0.29, 0.717) is 0 Å². The van der Waals surface area contributed by atoms with E-state index in [1.807, 2.05) is 0 Å². The van der Waals surface area contributed by atoms with Crippen LogP contribution in [0.1, 0.15) is 25.7 Å². The van der Waals surface area contributed by atoms with Crippen molar-refractivity contribution in [2.24, 2.45) is 11.8 Å². The normalized spacial score (nSPS) is 42.7. The Balaban J connectivity index is 1.97. The molecule has 1 nitrogen and oxygen atoms in total. The van der Waals surface area contributed by atoms with E-state index < -0.39 is 0 Å². The molecule has 2 fully saturated rings. The Bertz CT molecular complexity index is 88.7. The molecule has 1 saturated heterocycles. The van der Waals surface area contributed by atoms with Crippen LogP contribution in [-0.2, 0) is 0 Å². The van der Waals surface area contributed by atoms with Gasteiger partial charge in [-0.2, -0.15) is 0 Å². The molecule has 1 aliphatic heterocycles. The largest absolute Gasteiger partial charge is 0.312 e. The van der Waals surface area contributed by atoms with Crippen LogP contribution < -0.4 is 5.32 Å². The molecule has 2 unspecified atom stereocenters. The molecule has 2 rings (SSSR count). The van der Waals surface area contributed by atoms with Crippen LogP contribution in [0.3, 0.4) is 0 Å². The molecule has 0 amide bonds. The summed E-state index contributed by atoms with van der Waals surface area (Å²) in [4.78, 5) is 0. The smallest absolute Gasteiger partial charge is 0.0255 e. The second kappa shape index (κ2) is 2.30. The molecule has 1 aliphatic carbocycles. The molecule has 0 bridgehead atoms. The zero-order chi connectivity index (χ0) is 6.10. The molecule has 51 valence electrons. The van der Waals surface area contributed by atoms with Gasteiger partial charge in [0.05, 0.1) is 0 Å². The van der Waals surface area contributed by atoms with E-state index in [4.69, 9.17) is 0 Å². The number of rotatable bonds is 0. The third-order valence-electron chi connectivity index (χ3n) is 2.68. The molecule has 0 aromatic carbocycles. The van der Waals surface area contributed by atoms with Crippen LogP contribution in [0.5, 0.6) is 0 Å². The van der Waals surface area contributed by atoms with Crippen LogP contribution in [0.15, 0.2) is 0 Å². The molecule has 9 heavy (non-hydrogen) atoms. The predicted molar refractivity (Wildman–Crippen MR) is 37.8 cm³/mol. The van der Waals surface area contributed by atoms with Crippen molar-refractivity contribution in [1.29, 1.82) is 0 Å². The first kappa shape index (κ1) is 5.72. The van der Waals surface area contributed by atoms with E-state index in [9.17, 15) is 0 Å². The van der Waals surface area contributed by atoms with Gasteiger partial charge < -0.3 is 5.32 Å². The summed E-state index contributed by atoms with van der Waals surface area (Å²) in [7, 11) is 0. The predicted octanol–water partition coefficient (Wildman–Crippen LogP) is 1.56. The second-order valence-electron chi connectivity index (χ2n) is 3.28. The highest BCUT2D eigenvalue weighted by atomic mass is 14.9. The Morgan fingerprint density at radius 3 is 3.00 bits per heavy atom. The third kappa shape index (κ3) is 0.983. The topological polar surface area (TPSA) is 12.0 Å². The fraction of sp³-hybridized carbons (Fsp3) is 0.875. The lowest BCUT2D eigenvalue weighted by Gasteiger charge is -2.22. The summed E-state index contributed by atoms with van der Waals surface area (Å²) >= 11 is 0. The lowest BCUT2D eigenvalue weighted by molar-refractivity contribution is 0.314. The summed E-state index contributed by atoms with van der Waals surface area (Å²) in [5, 5.41) is 3.34. The number of hydrogen-bond donors (Lipinski definition) is 1. The molecule has 0 spiro atoms. The van der Waals surface area contributed by atoms with Gasteiger partial charge in [0.15, 0.2) is 0 Å². The van der Waals surface area contributed by atoms with E-state index in [1.54, 1.807) is 0 Å². The van der Waals surface area contributed by atoms with Gasteiger partial charge >= 0.3 is 0 Å². The number of nitrogens with one attached hydrogen (secondary N) is 1. The number of hydrogen-bond acceptors (Lipinski definition) is 1. The summed E-state index contributed by atoms with van der Waals surface area (Å²) in [6.45, 7) is 3.56. The molecule has 1 radical (unpaired) electrons. The average Bonchev–Trinajstić information content (AvgIpc) is 2.33. The SMILES string of the molecule is [CH]1NCC2CCCCC12. The summed E-state index contributed by atoms with van der Waals surface area (Å²) < 4.78 is 0. The molecule has 0 aromatic rings. The van der Waals surface area contributed by atoms with Crippen LogP contribution in [0, 0.1) is 18.4 Å². The maximum absolute atomic E-state index is 3.34. The molecular weight excluding hydrogens is 110 g/mol. The van der Waals surface area contributed by atoms with Gasteiger partial charge in [0, 0.05) is 6.54 Å². The van der Waals surface area contributed by atoms with E-state index in [2.05, 4.69) is 11.9 Å². The summed E-state index contributed by atoms with van der Waals surface area (Å²) in [6, 6.07) is 0. The van der Waals surface area contributed by atoms with Crippen LogP contribution in [0.4, 0.5) is 0 Å². The summed E-state index contributed by atoms with van der Waals surface area (Å²) in [5.41, 5.74) is 0. The second-order valence-corrected chi connectivity index (χ2v) is 3.28. The quantitative estimate of drug-likeness (QED) is 0.516. The van der Waals surface area contributed by atoms with Crippen molar-refractivity contribution in [3.05, 3.63) is 6.54 Å². The van der Waals surface area contributed by atoms with Crippen LogP contribution in [-0.4, -0.2) is 6.54 Å². The molecule has 2 atom stereocenters. The zero-order valence-electron chi connectivity index (χ0n) is 5.77. The van der Waals surface area contributed by atoms with Gasteiger partial charge in [0.2, 0.25) is 0 Å². The van der Waals surface area contributed by atoms with Gasteiger partial charge in [-0.05, 0) is 31.2 Å². The highest BCUT2D eigenvalue weighted by Gasteiger charge is 2.28. The maximum Gasteiger partial charge on any atom is 0.0255 e.